The molecular weight excluding hydrogens is 382 g/mol. The Morgan fingerprint density at radius 3 is 2.34 bits per heavy atom. The van der Waals surface area contributed by atoms with Crippen molar-refractivity contribution < 1.29 is 4.79 Å². The van der Waals surface area contributed by atoms with E-state index >= 15 is 0 Å². The van der Waals surface area contributed by atoms with Crippen molar-refractivity contribution in [2.24, 2.45) is 0 Å². The summed E-state index contributed by atoms with van der Waals surface area (Å²) in [6.45, 7) is 3.15. The highest BCUT2D eigenvalue weighted by Gasteiger charge is 2.31. The number of carbonyl (C=O) groups excluding carboxylic acids is 1. The number of hydrogen-bond acceptors (Lipinski definition) is 2. The average molecular weight is 406 g/mol. The summed E-state index contributed by atoms with van der Waals surface area (Å²) < 4.78 is 1.78. The van der Waals surface area contributed by atoms with Crippen LogP contribution in [0.25, 0.3) is 6.08 Å². The minimum Gasteiger partial charge on any atom is -0.332 e. The Morgan fingerprint density at radius 1 is 1.10 bits per heavy atom. The highest BCUT2D eigenvalue weighted by atomic mass is 35.5. The highest BCUT2D eigenvalue weighted by Crippen LogP contribution is 2.29. The first kappa shape index (κ1) is 19.5. The summed E-state index contributed by atoms with van der Waals surface area (Å²) in [5.74, 6) is 0.0163. The molecule has 0 bridgehead atoms. The van der Waals surface area contributed by atoms with Crippen molar-refractivity contribution in [3.8, 4) is 0 Å². The lowest BCUT2D eigenvalue weighted by molar-refractivity contribution is -0.127. The third kappa shape index (κ3) is 4.77. The molecule has 0 saturated heterocycles. The lowest BCUT2D eigenvalue weighted by Crippen LogP contribution is -2.31. The van der Waals surface area contributed by atoms with Crippen LogP contribution >= 0.6 is 11.6 Å². The van der Waals surface area contributed by atoms with Gasteiger partial charge in [-0.1, -0.05) is 72.3 Å². The van der Waals surface area contributed by atoms with Gasteiger partial charge in [-0.3, -0.25) is 4.79 Å². The Bertz CT molecular complexity index is 1010. The number of nitrogens with zero attached hydrogens (tertiary/aromatic N) is 3. The van der Waals surface area contributed by atoms with Crippen molar-refractivity contribution in [2.45, 2.75) is 38.9 Å². The minimum atomic E-state index is 0.0163. The van der Waals surface area contributed by atoms with Gasteiger partial charge in [0.15, 0.2) is 0 Å². The van der Waals surface area contributed by atoms with Crippen LogP contribution in [0.3, 0.4) is 0 Å². The van der Waals surface area contributed by atoms with Crippen LogP contribution in [0.1, 0.15) is 35.2 Å². The van der Waals surface area contributed by atoms with E-state index in [1.54, 1.807) is 16.8 Å². The standard InChI is InChI=1S/C24H24ClN3O/c1-18-22(24(25)28(26-18)17-20-10-6-3-7-11-20)14-15-23(29)27(21-12-13-21)16-19-8-4-2-5-9-19/h2-11,14-15,21H,12-13,16-17H2,1H3/b15-14+. The van der Waals surface area contributed by atoms with Gasteiger partial charge in [0.2, 0.25) is 5.91 Å². The topological polar surface area (TPSA) is 38.1 Å². The molecule has 2 aromatic carbocycles. The van der Waals surface area contributed by atoms with Gasteiger partial charge in [0, 0.05) is 24.2 Å². The smallest absolute Gasteiger partial charge is 0.247 e. The lowest BCUT2D eigenvalue weighted by atomic mass is 10.2. The normalized spacial score (nSPS) is 13.7. The van der Waals surface area contributed by atoms with E-state index in [4.69, 9.17) is 11.6 Å². The largest absolute Gasteiger partial charge is 0.332 e. The van der Waals surface area contributed by atoms with E-state index in [2.05, 4.69) is 17.2 Å². The number of aryl methyl sites for hydroxylation is 1. The van der Waals surface area contributed by atoms with Crippen molar-refractivity contribution in [1.29, 1.82) is 0 Å². The molecule has 1 aromatic heterocycles. The summed E-state index contributed by atoms with van der Waals surface area (Å²) in [5.41, 5.74) is 3.89. The molecule has 1 fully saturated rings. The number of halogens is 1. The van der Waals surface area contributed by atoms with Crippen LogP contribution in [0.5, 0.6) is 0 Å². The van der Waals surface area contributed by atoms with Crippen LogP contribution in [0.2, 0.25) is 5.15 Å². The number of amides is 1. The van der Waals surface area contributed by atoms with Crippen LogP contribution in [-0.2, 0) is 17.9 Å². The van der Waals surface area contributed by atoms with Crippen molar-refractivity contribution in [2.75, 3.05) is 0 Å². The molecule has 4 rings (SSSR count). The van der Waals surface area contributed by atoms with Crippen LogP contribution in [0, 0.1) is 6.92 Å². The Hall–Kier alpha value is -2.85. The van der Waals surface area contributed by atoms with Gasteiger partial charge in [-0.25, -0.2) is 4.68 Å². The second-order valence-electron chi connectivity index (χ2n) is 7.45. The van der Waals surface area contributed by atoms with Gasteiger partial charge in [-0.2, -0.15) is 5.10 Å². The van der Waals surface area contributed by atoms with E-state index in [0.29, 0.717) is 24.3 Å². The van der Waals surface area contributed by atoms with Gasteiger partial charge in [0.05, 0.1) is 12.2 Å². The zero-order valence-electron chi connectivity index (χ0n) is 16.5. The Balaban J connectivity index is 1.49. The fourth-order valence-corrected chi connectivity index (χ4v) is 3.72. The predicted octanol–water partition coefficient (Wildman–Crippen LogP) is 5.10. The first-order valence-corrected chi connectivity index (χ1v) is 10.3. The first-order valence-electron chi connectivity index (χ1n) is 9.91. The zero-order valence-corrected chi connectivity index (χ0v) is 17.2. The zero-order chi connectivity index (χ0) is 20.2. The van der Waals surface area contributed by atoms with Gasteiger partial charge in [0.25, 0.3) is 0 Å². The molecule has 1 aliphatic rings. The number of benzene rings is 2. The minimum absolute atomic E-state index is 0.0163. The molecule has 1 aliphatic carbocycles. The van der Waals surface area contributed by atoms with Gasteiger partial charge < -0.3 is 4.90 Å². The number of carbonyl (C=O) groups is 1. The number of aromatic nitrogens is 2. The fraction of sp³-hybridized carbons (Fsp3) is 0.250. The molecule has 5 heteroatoms. The molecule has 1 amide bonds. The number of rotatable bonds is 7. The van der Waals surface area contributed by atoms with Gasteiger partial charge in [-0.15, -0.1) is 0 Å². The molecule has 1 saturated carbocycles. The van der Waals surface area contributed by atoms with Gasteiger partial charge in [-0.05, 0) is 37.0 Å². The summed E-state index contributed by atoms with van der Waals surface area (Å²) in [4.78, 5) is 14.8. The molecule has 0 atom stereocenters. The predicted molar refractivity (Wildman–Crippen MR) is 117 cm³/mol. The van der Waals surface area contributed by atoms with E-state index in [1.807, 2.05) is 60.4 Å². The second-order valence-corrected chi connectivity index (χ2v) is 7.81. The molecule has 0 aliphatic heterocycles. The maximum atomic E-state index is 12.9. The molecule has 1 heterocycles. The van der Waals surface area contributed by atoms with Crippen molar-refractivity contribution in [3.63, 3.8) is 0 Å². The molecule has 0 radical (unpaired) electrons. The van der Waals surface area contributed by atoms with E-state index in [1.165, 1.54) is 0 Å². The average Bonchev–Trinajstić information content (AvgIpc) is 3.54. The summed E-state index contributed by atoms with van der Waals surface area (Å²) in [7, 11) is 0. The second kappa shape index (κ2) is 8.66. The summed E-state index contributed by atoms with van der Waals surface area (Å²) in [6, 6.07) is 20.5. The first-order chi connectivity index (χ1) is 14.1. The van der Waals surface area contributed by atoms with Crippen molar-refractivity contribution in [3.05, 3.63) is 94.3 Å². The van der Waals surface area contributed by atoms with Crippen LogP contribution in [0.15, 0.2) is 66.7 Å². The summed E-state index contributed by atoms with van der Waals surface area (Å²) in [6.07, 6.45) is 5.57. The molecule has 29 heavy (non-hydrogen) atoms. The maximum Gasteiger partial charge on any atom is 0.247 e. The summed E-state index contributed by atoms with van der Waals surface area (Å²) >= 11 is 6.57. The third-order valence-corrected chi connectivity index (χ3v) is 5.54. The van der Waals surface area contributed by atoms with Gasteiger partial charge in [0.1, 0.15) is 5.15 Å². The van der Waals surface area contributed by atoms with Gasteiger partial charge >= 0.3 is 0 Å². The van der Waals surface area contributed by atoms with E-state index < -0.39 is 0 Å². The molecule has 148 valence electrons. The van der Waals surface area contributed by atoms with E-state index in [-0.39, 0.29) is 5.91 Å². The van der Waals surface area contributed by atoms with Crippen LogP contribution in [0.4, 0.5) is 0 Å². The molecule has 0 spiro atoms. The monoisotopic (exact) mass is 405 g/mol. The molecule has 0 N–H and O–H groups in total. The quantitative estimate of drug-likeness (QED) is 0.513. The van der Waals surface area contributed by atoms with Crippen molar-refractivity contribution in [1.82, 2.24) is 14.7 Å². The fourth-order valence-electron chi connectivity index (χ4n) is 3.42. The third-order valence-electron chi connectivity index (χ3n) is 5.14. The molecule has 4 nitrogen and oxygen atoms in total. The molecule has 0 unspecified atom stereocenters. The highest BCUT2D eigenvalue weighted by molar-refractivity contribution is 6.31. The maximum absolute atomic E-state index is 12.9. The lowest BCUT2D eigenvalue weighted by Gasteiger charge is -2.21. The van der Waals surface area contributed by atoms with E-state index in [0.717, 1.165) is 35.2 Å². The summed E-state index contributed by atoms with van der Waals surface area (Å²) in [5, 5.41) is 5.10. The van der Waals surface area contributed by atoms with Crippen LogP contribution in [-0.4, -0.2) is 26.6 Å². The molecular formula is C24H24ClN3O. The number of hydrogen-bond donors (Lipinski definition) is 0. The SMILES string of the molecule is Cc1nn(Cc2ccccc2)c(Cl)c1/C=C/C(=O)N(Cc1ccccc1)C1CC1. The Kier molecular flexibility index (Phi) is 5.81. The Labute approximate surface area is 176 Å². The van der Waals surface area contributed by atoms with Crippen LogP contribution < -0.4 is 0 Å². The van der Waals surface area contributed by atoms with E-state index in [9.17, 15) is 4.79 Å². The van der Waals surface area contributed by atoms with Crippen molar-refractivity contribution >= 4 is 23.6 Å². The molecule has 3 aromatic rings. The Morgan fingerprint density at radius 2 is 1.72 bits per heavy atom.